The molecule has 0 spiro atoms. The maximum Gasteiger partial charge on any atom is 0.0949 e. The Kier molecular flexibility index (Phi) is 4.76. The van der Waals surface area contributed by atoms with Gasteiger partial charge in [-0.05, 0) is 52.2 Å². The van der Waals surface area contributed by atoms with E-state index in [9.17, 15) is 5.11 Å². The molecule has 0 bridgehead atoms. The Morgan fingerprint density at radius 1 is 1.16 bits per heavy atom. The zero-order chi connectivity index (χ0) is 13.9. The molecule has 0 amide bonds. The van der Waals surface area contributed by atoms with Gasteiger partial charge in [0.25, 0.3) is 0 Å². The van der Waals surface area contributed by atoms with Crippen molar-refractivity contribution in [1.82, 2.24) is 4.98 Å². The van der Waals surface area contributed by atoms with Crippen LogP contribution in [0.3, 0.4) is 0 Å². The first-order valence-electron chi connectivity index (χ1n) is 6.12. The van der Waals surface area contributed by atoms with E-state index in [1.807, 2.05) is 43.3 Å². The molecule has 0 saturated heterocycles. The number of hydrogen-bond acceptors (Lipinski definition) is 2. The van der Waals surface area contributed by atoms with E-state index in [-0.39, 0.29) is 0 Å². The van der Waals surface area contributed by atoms with Gasteiger partial charge >= 0.3 is 0 Å². The molecule has 2 rings (SSSR count). The van der Waals surface area contributed by atoms with E-state index < -0.39 is 5.60 Å². The fourth-order valence-electron chi connectivity index (χ4n) is 2.02. The fourth-order valence-corrected chi connectivity index (χ4v) is 2.65. The minimum absolute atomic E-state index is 0.507. The van der Waals surface area contributed by atoms with Gasteiger partial charge < -0.3 is 5.11 Å². The zero-order valence-corrected chi connectivity index (χ0v) is 13.8. The van der Waals surface area contributed by atoms with E-state index in [1.54, 1.807) is 6.20 Å². The minimum atomic E-state index is -0.884. The van der Waals surface area contributed by atoms with Gasteiger partial charge in [-0.3, -0.25) is 4.98 Å². The van der Waals surface area contributed by atoms with Crippen LogP contribution in [-0.4, -0.2) is 10.1 Å². The van der Waals surface area contributed by atoms with E-state index in [2.05, 4.69) is 36.8 Å². The predicted molar refractivity (Wildman–Crippen MR) is 84.0 cm³/mol. The molecule has 0 fully saturated rings. The quantitative estimate of drug-likeness (QED) is 0.844. The minimum Gasteiger partial charge on any atom is -0.385 e. The van der Waals surface area contributed by atoms with Gasteiger partial charge in [-0.2, -0.15) is 0 Å². The summed E-state index contributed by atoms with van der Waals surface area (Å²) in [4.78, 5) is 4.34. The molecule has 4 heteroatoms. The van der Waals surface area contributed by atoms with Gasteiger partial charge in [-0.1, -0.05) is 35.0 Å². The largest absolute Gasteiger partial charge is 0.385 e. The van der Waals surface area contributed by atoms with Crippen molar-refractivity contribution in [2.45, 2.75) is 25.4 Å². The maximum atomic E-state index is 10.9. The van der Waals surface area contributed by atoms with Crippen molar-refractivity contribution in [2.75, 3.05) is 0 Å². The number of pyridine rings is 1. The van der Waals surface area contributed by atoms with E-state index in [0.29, 0.717) is 12.8 Å². The molecule has 0 radical (unpaired) electrons. The summed E-state index contributed by atoms with van der Waals surface area (Å²) < 4.78 is 1.92. The Bertz CT molecular complexity index is 556. The summed E-state index contributed by atoms with van der Waals surface area (Å²) in [5, 5.41) is 10.9. The third-order valence-electron chi connectivity index (χ3n) is 3.21. The lowest BCUT2D eigenvalue weighted by molar-refractivity contribution is 0.0317. The molecule has 0 aliphatic heterocycles. The summed E-state index contributed by atoms with van der Waals surface area (Å²) in [6, 6.07) is 11.7. The highest BCUT2D eigenvalue weighted by atomic mass is 79.9. The maximum absolute atomic E-state index is 10.9. The van der Waals surface area contributed by atoms with Crippen LogP contribution in [0.15, 0.2) is 51.5 Å². The first-order valence-corrected chi connectivity index (χ1v) is 7.71. The number of halogens is 2. The molecule has 0 aliphatic rings. The second kappa shape index (κ2) is 6.16. The van der Waals surface area contributed by atoms with Crippen LogP contribution in [-0.2, 0) is 12.0 Å². The zero-order valence-electron chi connectivity index (χ0n) is 10.6. The van der Waals surface area contributed by atoms with Crippen LogP contribution in [0.25, 0.3) is 0 Å². The van der Waals surface area contributed by atoms with Gasteiger partial charge in [0, 0.05) is 27.3 Å². The Balaban J connectivity index is 2.30. The summed E-state index contributed by atoms with van der Waals surface area (Å²) in [5.41, 5.74) is 0.909. The van der Waals surface area contributed by atoms with Crippen molar-refractivity contribution in [3.8, 4) is 0 Å². The lowest BCUT2D eigenvalue weighted by Crippen LogP contribution is -2.28. The molecular weight excluding hydrogens is 370 g/mol. The number of aliphatic hydroxyl groups is 1. The third kappa shape index (κ3) is 3.65. The summed E-state index contributed by atoms with van der Waals surface area (Å²) in [7, 11) is 0. The monoisotopic (exact) mass is 383 g/mol. The molecule has 0 saturated carbocycles. The van der Waals surface area contributed by atoms with Crippen molar-refractivity contribution >= 4 is 31.9 Å². The SMILES string of the molecule is CCC(O)(Cc1ccc(Br)cn1)c1cccc(Br)c1. The Hall–Kier alpha value is -0.710. The smallest absolute Gasteiger partial charge is 0.0949 e. The van der Waals surface area contributed by atoms with E-state index in [4.69, 9.17) is 0 Å². The van der Waals surface area contributed by atoms with Crippen LogP contribution in [0.4, 0.5) is 0 Å². The Morgan fingerprint density at radius 3 is 2.53 bits per heavy atom. The number of hydrogen-bond donors (Lipinski definition) is 1. The van der Waals surface area contributed by atoms with Crippen LogP contribution in [0.5, 0.6) is 0 Å². The first-order chi connectivity index (χ1) is 9.03. The molecule has 1 unspecified atom stereocenters. The molecule has 1 N–H and O–H groups in total. The van der Waals surface area contributed by atoms with Crippen LogP contribution < -0.4 is 0 Å². The molecule has 1 atom stereocenters. The highest BCUT2D eigenvalue weighted by molar-refractivity contribution is 9.10. The van der Waals surface area contributed by atoms with Crippen molar-refractivity contribution in [3.05, 3.63) is 62.8 Å². The molecule has 0 aliphatic carbocycles. The highest BCUT2D eigenvalue weighted by Gasteiger charge is 2.28. The lowest BCUT2D eigenvalue weighted by atomic mass is 9.86. The second-order valence-corrected chi connectivity index (χ2v) is 6.37. The van der Waals surface area contributed by atoms with Gasteiger partial charge in [0.15, 0.2) is 0 Å². The molecule has 19 heavy (non-hydrogen) atoms. The standard InChI is InChI=1S/C15H15Br2NO/c1-2-15(19,11-4-3-5-12(16)8-11)9-14-7-6-13(17)10-18-14/h3-8,10,19H,2,9H2,1H3. The van der Waals surface area contributed by atoms with Crippen molar-refractivity contribution in [1.29, 1.82) is 0 Å². The number of aromatic nitrogens is 1. The summed E-state index contributed by atoms with van der Waals surface area (Å²) in [6.07, 6.45) is 2.90. The molecule has 1 heterocycles. The number of nitrogens with zero attached hydrogens (tertiary/aromatic N) is 1. The van der Waals surface area contributed by atoms with Gasteiger partial charge in [0.05, 0.1) is 5.60 Å². The average Bonchev–Trinajstić information content (AvgIpc) is 2.41. The number of benzene rings is 1. The van der Waals surface area contributed by atoms with Crippen LogP contribution >= 0.6 is 31.9 Å². The summed E-state index contributed by atoms with van der Waals surface area (Å²) in [5.74, 6) is 0. The third-order valence-corrected chi connectivity index (χ3v) is 4.17. The number of rotatable bonds is 4. The Morgan fingerprint density at radius 2 is 1.95 bits per heavy atom. The first kappa shape index (κ1) is 14.7. The van der Waals surface area contributed by atoms with Crippen LogP contribution in [0.1, 0.15) is 24.6 Å². The average molecular weight is 385 g/mol. The lowest BCUT2D eigenvalue weighted by Gasteiger charge is -2.27. The molecule has 100 valence electrons. The predicted octanol–water partition coefficient (Wildman–Crippen LogP) is 4.45. The summed E-state index contributed by atoms with van der Waals surface area (Å²) >= 11 is 6.81. The summed E-state index contributed by atoms with van der Waals surface area (Å²) in [6.45, 7) is 1.99. The topological polar surface area (TPSA) is 33.1 Å². The van der Waals surface area contributed by atoms with E-state index >= 15 is 0 Å². The fraction of sp³-hybridized carbons (Fsp3) is 0.267. The normalized spacial score (nSPS) is 14.1. The molecule has 1 aromatic carbocycles. The Labute approximate surface area is 130 Å². The van der Waals surface area contributed by atoms with Gasteiger partial charge in [0.2, 0.25) is 0 Å². The van der Waals surface area contributed by atoms with E-state index in [0.717, 1.165) is 20.2 Å². The van der Waals surface area contributed by atoms with Crippen molar-refractivity contribution in [2.24, 2.45) is 0 Å². The van der Waals surface area contributed by atoms with Crippen LogP contribution in [0.2, 0.25) is 0 Å². The van der Waals surface area contributed by atoms with Gasteiger partial charge in [-0.25, -0.2) is 0 Å². The second-order valence-electron chi connectivity index (χ2n) is 4.54. The molecule has 1 aromatic heterocycles. The highest BCUT2D eigenvalue weighted by Crippen LogP contribution is 2.30. The van der Waals surface area contributed by atoms with Crippen molar-refractivity contribution < 1.29 is 5.11 Å². The van der Waals surface area contributed by atoms with Crippen LogP contribution in [0, 0.1) is 0 Å². The molecular formula is C15H15Br2NO. The van der Waals surface area contributed by atoms with E-state index in [1.165, 1.54) is 0 Å². The van der Waals surface area contributed by atoms with Gasteiger partial charge in [0.1, 0.15) is 0 Å². The molecule has 2 nitrogen and oxygen atoms in total. The van der Waals surface area contributed by atoms with Gasteiger partial charge in [-0.15, -0.1) is 0 Å². The van der Waals surface area contributed by atoms with Crippen molar-refractivity contribution in [3.63, 3.8) is 0 Å². The molecule has 2 aromatic rings.